The van der Waals surface area contributed by atoms with Crippen LogP contribution in [-0.2, 0) is 31.3 Å². The number of aliphatic hydroxyl groups excluding tert-OH is 1. The minimum absolute atomic E-state index is 0.0379. The van der Waals surface area contributed by atoms with Crippen molar-refractivity contribution in [1.82, 2.24) is 10.2 Å². The Morgan fingerprint density at radius 1 is 1.17 bits per heavy atom. The van der Waals surface area contributed by atoms with Gasteiger partial charge in [0, 0.05) is 47.9 Å². The van der Waals surface area contributed by atoms with Crippen LogP contribution >= 0.6 is 0 Å². The molecular weight excluding hydrogens is 634 g/mol. The quantitative estimate of drug-likeness (QED) is 0.176. The average molecular weight is 680 g/mol. The van der Waals surface area contributed by atoms with Crippen LogP contribution in [0.2, 0.25) is 18.6 Å². The maximum atomic E-state index is 14.7. The molecule has 0 aliphatic carbocycles. The van der Waals surface area contributed by atoms with Gasteiger partial charge in [-0.3, -0.25) is 24.5 Å². The number of rotatable bonds is 9. The van der Waals surface area contributed by atoms with Gasteiger partial charge in [-0.05, 0) is 69.1 Å². The number of nitro groups is 1. The van der Waals surface area contributed by atoms with Crippen LogP contribution in [0.25, 0.3) is 0 Å². The Hall–Kier alpha value is -3.69. The number of hydrogen-bond acceptors (Lipinski definition) is 9. The number of ether oxygens (including phenoxy) is 1. The molecule has 3 saturated heterocycles. The molecule has 2 aromatic rings. The molecule has 2 aromatic carbocycles. The van der Waals surface area contributed by atoms with Crippen molar-refractivity contribution in [3.05, 3.63) is 63.7 Å². The summed E-state index contributed by atoms with van der Waals surface area (Å²) in [6.07, 6.45) is 2.38. The summed E-state index contributed by atoms with van der Waals surface area (Å²) in [6, 6.07) is 11.3. The minimum Gasteiger partial charge on any atom is -0.432 e. The zero-order valence-corrected chi connectivity index (χ0v) is 28.7. The van der Waals surface area contributed by atoms with Gasteiger partial charge in [-0.2, -0.15) is 0 Å². The van der Waals surface area contributed by atoms with Crippen molar-refractivity contribution in [2.24, 2.45) is 11.8 Å². The zero-order valence-electron chi connectivity index (χ0n) is 27.7. The molecule has 258 valence electrons. The molecule has 4 heterocycles. The molecule has 3 fully saturated rings. The van der Waals surface area contributed by atoms with Crippen molar-refractivity contribution in [2.75, 3.05) is 36.5 Å². The van der Waals surface area contributed by atoms with Gasteiger partial charge in [0.1, 0.15) is 0 Å². The Bertz CT molecular complexity index is 1580. The number of hydrogen-bond donors (Lipinski definition) is 4. The third-order valence-electron chi connectivity index (χ3n) is 10.7. The Morgan fingerprint density at radius 3 is 2.56 bits per heavy atom. The van der Waals surface area contributed by atoms with E-state index in [1.165, 1.54) is 12.1 Å². The van der Waals surface area contributed by atoms with Crippen LogP contribution in [0.1, 0.15) is 50.2 Å². The SMILES string of the molecule is C[C@H]1[C@H]([Si](C)(C)O)[C@@H](CC(=O)N2CCC[C@H]2CO)O[C@]12C(=O)N(Cc1ccc(NC(=O)C3CCCNC3)cc1)c1ccc([N+](=O)[O-])cc12. The number of non-ortho nitro benzene ring substituents is 1. The van der Waals surface area contributed by atoms with E-state index in [0.717, 1.165) is 31.4 Å². The van der Waals surface area contributed by atoms with Gasteiger partial charge in [-0.1, -0.05) is 19.1 Å². The van der Waals surface area contributed by atoms with Crippen LogP contribution in [0, 0.1) is 22.0 Å². The van der Waals surface area contributed by atoms with E-state index in [9.17, 15) is 34.4 Å². The second kappa shape index (κ2) is 13.3. The Labute approximate surface area is 280 Å². The molecule has 1 spiro atoms. The summed E-state index contributed by atoms with van der Waals surface area (Å²) in [5.74, 6) is -1.34. The highest BCUT2D eigenvalue weighted by Crippen LogP contribution is 2.60. The highest BCUT2D eigenvalue weighted by molar-refractivity contribution is 6.71. The fraction of sp³-hybridized carbons (Fsp3) is 0.559. The molecule has 0 aromatic heterocycles. The van der Waals surface area contributed by atoms with E-state index in [1.807, 2.05) is 19.1 Å². The van der Waals surface area contributed by atoms with E-state index in [4.69, 9.17) is 4.74 Å². The van der Waals surface area contributed by atoms with E-state index in [1.54, 1.807) is 41.1 Å². The summed E-state index contributed by atoms with van der Waals surface area (Å²) in [5, 5.41) is 28.0. The molecule has 4 aliphatic rings. The van der Waals surface area contributed by atoms with Crippen LogP contribution in [0.3, 0.4) is 0 Å². The van der Waals surface area contributed by atoms with Gasteiger partial charge in [0.2, 0.25) is 11.8 Å². The van der Waals surface area contributed by atoms with Crippen LogP contribution in [0.4, 0.5) is 17.1 Å². The fourth-order valence-electron chi connectivity index (χ4n) is 8.38. The van der Waals surface area contributed by atoms with Gasteiger partial charge >= 0.3 is 0 Å². The van der Waals surface area contributed by atoms with E-state index in [2.05, 4.69) is 10.6 Å². The van der Waals surface area contributed by atoms with Crippen LogP contribution < -0.4 is 15.5 Å². The molecule has 13 nitrogen and oxygen atoms in total. The van der Waals surface area contributed by atoms with Crippen molar-refractivity contribution in [1.29, 1.82) is 0 Å². The van der Waals surface area contributed by atoms with Gasteiger partial charge in [-0.15, -0.1) is 0 Å². The van der Waals surface area contributed by atoms with E-state index in [0.29, 0.717) is 36.4 Å². The second-order valence-corrected chi connectivity index (χ2v) is 18.2. The highest BCUT2D eigenvalue weighted by Gasteiger charge is 2.66. The van der Waals surface area contributed by atoms with Crippen molar-refractivity contribution in [3.8, 4) is 0 Å². The Kier molecular flexibility index (Phi) is 9.48. The normalized spacial score (nSPS) is 28.6. The lowest BCUT2D eigenvalue weighted by molar-refractivity contribution is -0.385. The fourth-order valence-corrected chi connectivity index (χ4v) is 10.9. The molecule has 1 unspecified atom stereocenters. The van der Waals surface area contributed by atoms with Gasteiger partial charge in [0.15, 0.2) is 13.9 Å². The highest BCUT2D eigenvalue weighted by atomic mass is 28.4. The Morgan fingerprint density at radius 2 is 1.92 bits per heavy atom. The molecule has 4 N–H and O–H groups in total. The zero-order chi connectivity index (χ0) is 34.4. The smallest absolute Gasteiger partial charge is 0.269 e. The van der Waals surface area contributed by atoms with Crippen LogP contribution in [0.5, 0.6) is 0 Å². The lowest BCUT2D eigenvalue weighted by Gasteiger charge is -2.32. The molecule has 0 bridgehead atoms. The van der Waals surface area contributed by atoms with Crippen LogP contribution in [-0.4, -0.2) is 84.2 Å². The average Bonchev–Trinajstić information content (AvgIpc) is 3.72. The second-order valence-electron chi connectivity index (χ2n) is 14.2. The van der Waals surface area contributed by atoms with Crippen molar-refractivity contribution >= 4 is 43.1 Å². The lowest BCUT2D eigenvalue weighted by atomic mass is 9.82. The summed E-state index contributed by atoms with van der Waals surface area (Å²) in [5.41, 5.74) is -0.116. The lowest BCUT2D eigenvalue weighted by Crippen LogP contribution is -2.46. The molecule has 0 radical (unpaired) electrons. The predicted molar refractivity (Wildman–Crippen MR) is 181 cm³/mol. The van der Waals surface area contributed by atoms with E-state index < -0.39 is 42.3 Å². The summed E-state index contributed by atoms with van der Waals surface area (Å²) < 4.78 is 6.72. The van der Waals surface area contributed by atoms with E-state index in [-0.39, 0.29) is 49.0 Å². The third kappa shape index (κ3) is 6.15. The number of nitrogens with zero attached hydrogens (tertiary/aromatic N) is 3. The summed E-state index contributed by atoms with van der Waals surface area (Å²) >= 11 is 0. The van der Waals surface area contributed by atoms with Crippen LogP contribution in [0.15, 0.2) is 42.5 Å². The summed E-state index contributed by atoms with van der Waals surface area (Å²) in [4.78, 5) is 67.2. The number of likely N-dealkylation sites (tertiary alicyclic amines) is 1. The molecule has 6 atom stereocenters. The first-order valence-electron chi connectivity index (χ1n) is 16.9. The molecule has 14 heteroatoms. The number of aliphatic hydroxyl groups is 1. The maximum absolute atomic E-state index is 14.7. The topological polar surface area (TPSA) is 175 Å². The molecule has 6 rings (SSSR count). The van der Waals surface area contributed by atoms with Gasteiger partial charge in [0.25, 0.3) is 11.6 Å². The number of benzene rings is 2. The number of fused-ring (bicyclic) bond motifs is 2. The summed E-state index contributed by atoms with van der Waals surface area (Å²) in [6.45, 7) is 7.43. The molecule has 0 saturated carbocycles. The number of anilines is 2. The number of carbonyl (C=O) groups is 3. The monoisotopic (exact) mass is 679 g/mol. The van der Waals surface area contributed by atoms with Gasteiger partial charge in [0.05, 0.1) is 48.2 Å². The number of nitrogens with one attached hydrogen (secondary N) is 2. The predicted octanol–water partition coefficient (Wildman–Crippen LogP) is 3.25. The first kappa shape index (κ1) is 34.2. The maximum Gasteiger partial charge on any atom is 0.269 e. The molecular formula is C34H45N5O8Si. The van der Waals surface area contributed by atoms with Crippen molar-refractivity contribution in [2.45, 2.75) is 82.0 Å². The standard InChI is InChI=1S/C34H45N5O8Si/c1-21-31(48(2,3)46)29(17-30(41)37-15-5-7-26(37)20-40)47-34(21)27-16-25(39(44)45)12-13-28(27)38(33(34)43)19-22-8-10-24(11-9-22)36-32(42)23-6-4-14-35-18-23/h8-13,16,21,23,26,29,31,35,40,46H,4-7,14-15,17-20H2,1-3H3,(H,36,42)/t21-,23?,26-,29+,31-,34+/m0/s1. The van der Waals surface area contributed by atoms with Crippen molar-refractivity contribution < 1.29 is 33.9 Å². The van der Waals surface area contributed by atoms with Crippen molar-refractivity contribution in [3.63, 3.8) is 0 Å². The first-order valence-corrected chi connectivity index (χ1v) is 19.9. The molecule has 4 aliphatic heterocycles. The number of carbonyl (C=O) groups excluding carboxylic acids is 3. The van der Waals surface area contributed by atoms with E-state index >= 15 is 0 Å². The number of piperidine rings is 1. The summed E-state index contributed by atoms with van der Waals surface area (Å²) in [7, 11) is -3.08. The Balaban J connectivity index is 1.30. The largest absolute Gasteiger partial charge is 0.432 e. The van der Waals surface area contributed by atoms with Gasteiger partial charge in [-0.25, -0.2) is 0 Å². The molecule has 3 amide bonds. The minimum atomic E-state index is -3.08. The number of nitro benzene ring substituents is 1. The van der Waals surface area contributed by atoms with Gasteiger partial charge < -0.3 is 35.1 Å². The number of amides is 3. The third-order valence-corrected chi connectivity index (χ3v) is 13.2. The molecule has 48 heavy (non-hydrogen) atoms. The first-order chi connectivity index (χ1) is 22.8.